The minimum Gasteiger partial charge on any atom is -0.456 e. The molecule has 0 bridgehead atoms. The van der Waals surface area contributed by atoms with Gasteiger partial charge in [0.05, 0.1) is 10.2 Å². The molecule has 3 heterocycles. The number of benzene rings is 7. The summed E-state index contributed by atoms with van der Waals surface area (Å²) in [6, 6.07) is 58.2. The van der Waals surface area contributed by atoms with E-state index in [1.807, 2.05) is 72.8 Å². The summed E-state index contributed by atoms with van der Waals surface area (Å²) in [6.45, 7) is 0. The van der Waals surface area contributed by atoms with Crippen molar-refractivity contribution in [1.29, 1.82) is 0 Å². The molecule has 0 unspecified atom stereocenters. The molecule has 7 aromatic carbocycles. The molecular weight excluding hydrogens is 657 g/mol. The molecule has 244 valence electrons. The molecule has 6 heteroatoms. The van der Waals surface area contributed by atoms with Crippen LogP contribution in [0.3, 0.4) is 0 Å². The van der Waals surface area contributed by atoms with Crippen molar-refractivity contribution in [2.75, 3.05) is 0 Å². The molecule has 0 fully saturated rings. The molecule has 3 aromatic heterocycles. The predicted molar refractivity (Wildman–Crippen MR) is 213 cm³/mol. The summed E-state index contributed by atoms with van der Waals surface area (Å²) < 4.78 is 7.60. The van der Waals surface area contributed by atoms with Crippen LogP contribution in [0.25, 0.3) is 99.1 Å². The normalized spacial score (nSPS) is 11.5. The topological polar surface area (TPSA) is 64.7 Å². The van der Waals surface area contributed by atoms with Gasteiger partial charge in [0.25, 0.3) is 0 Å². The van der Waals surface area contributed by atoms with E-state index >= 15 is 0 Å². The molecule has 0 atom stereocenters. The Bertz CT molecular complexity index is 2830. The third kappa shape index (κ3) is 5.43. The number of hydrogen-bond acceptors (Lipinski definition) is 6. The fourth-order valence-corrected chi connectivity index (χ4v) is 7.80. The zero-order valence-electron chi connectivity index (χ0n) is 27.8. The molecule has 0 amide bonds. The average molecular weight is 685 g/mol. The van der Waals surface area contributed by atoms with Gasteiger partial charge < -0.3 is 4.42 Å². The third-order valence-corrected chi connectivity index (χ3v) is 10.4. The first-order valence-electron chi connectivity index (χ1n) is 17.1. The summed E-state index contributed by atoms with van der Waals surface area (Å²) in [5, 5.41) is 3.13. The molecule has 52 heavy (non-hydrogen) atoms. The highest BCUT2D eigenvalue weighted by Gasteiger charge is 2.18. The lowest BCUT2D eigenvalue weighted by Gasteiger charge is -2.10. The van der Waals surface area contributed by atoms with Gasteiger partial charge in [0, 0.05) is 39.1 Å². The maximum absolute atomic E-state index is 6.48. The molecule has 0 N–H and O–H groups in total. The van der Waals surface area contributed by atoms with E-state index in [1.54, 1.807) is 11.3 Å². The lowest BCUT2D eigenvalue weighted by atomic mass is 9.97. The number of fused-ring (bicyclic) bond motifs is 4. The lowest BCUT2D eigenvalue weighted by molar-refractivity contribution is 0.669. The van der Waals surface area contributed by atoms with Crippen LogP contribution >= 0.6 is 11.3 Å². The highest BCUT2D eigenvalue weighted by atomic mass is 32.1. The summed E-state index contributed by atoms with van der Waals surface area (Å²) in [5.41, 5.74) is 11.0. The Hall–Kier alpha value is -6.76. The maximum atomic E-state index is 6.48. The van der Waals surface area contributed by atoms with Crippen molar-refractivity contribution in [3.63, 3.8) is 0 Å². The van der Waals surface area contributed by atoms with Gasteiger partial charge in [-0.05, 0) is 40.5 Å². The lowest BCUT2D eigenvalue weighted by Crippen LogP contribution is -2.00. The summed E-state index contributed by atoms with van der Waals surface area (Å²) in [5.74, 6) is 1.89. The van der Waals surface area contributed by atoms with Gasteiger partial charge in [-0.15, -0.1) is 11.3 Å². The number of hydrogen-bond donors (Lipinski definition) is 0. The SMILES string of the molecule is c1ccc(-c2ccc(-c3nc4cc5oc6cccc(-c7cccc(-c8nc(-c9ccccc9)nc(-c9ccccc9)n8)c7)c6c5cc4s3)cc2)cc1. The van der Waals surface area contributed by atoms with E-state index in [0.29, 0.717) is 17.5 Å². The Morgan fingerprint density at radius 3 is 1.60 bits per heavy atom. The van der Waals surface area contributed by atoms with E-state index in [0.717, 1.165) is 70.5 Å². The Kier molecular flexibility index (Phi) is 7.25. The number of rotatable bonds is 6. The predicted octanol–water partition coefficient (Wildman–Crippen LogP) is 12.4. The first-order chi connectivity index (χ1) is 25.7. The zero-order valence-corrected chi connectivity index (χ0v) is 28.6. The standard InChI is InChI=1S/C46H28N4OS/c1-4-12-29(13-5-1)30-22-24-33(25-23-30)46-47-38-28-40-37(27-41(38)52-46)42-36(20-11-21-39(42)51-40)34-18-10-19-35(26-34)45-49-43(31-14-6-2-7-15-31)48-44(50-45)32-16-8-3-9-17-32/h1-28H. The Labute approximate surface area is 303 Å². The van der Waals surface area contributed by atoms with E-state index in [1.165, 1.54) is 11.1 Å². The first kappa shape index (κ1) is 30.1. The van der Waals surface area contributed by atoms with Crippen LogP contribution in [0, 0.1) is 0 Å². The third-order valence-electron chi connectivity index (χ3n) is 9.38. The van der Waals surface area contributed by atoms with E-state index in [-0.39, 0.29) is 0 Å². The second-order valence-electron chi connectivity index (χ2n) is 12.7. The molecule has 0 radical (unpaired) electrons. The van der Waals surface area contributed by atoms with Crippen molar-refractivity contribution >= 4 is 43.5 Å². The van der Waals surface area contributed by atoms with Crippen LogP contribution in [-0.2, 0) is 0 Å². The molecule has 0 saturated heterocycles. The van der Waals surface area contributed by atoms with Crippen molar-refractivity contribution in [3.05, 3.63) is 170 Å². The van der Waals surface area contributed by atoms with Crippen LogP contribution in [-0.4, -0.2) is 19.9 Å². The van der Waals surface area contributed by atoms with Crippen molar-refractivity contribution in [2.45, 2.75) is 0 Å². The molecule has 10 aromatic rings. The van der Waals surface area contributed by atoms with Gasteiger partial charge in [0.2, 0.25) is 0 Å². The summed E-state index contributed by atoms with van der Waals surface area (Å²) >= 11 is 1.70. The average Bonchev–Trinajstić information content (AvgIpc) is 3.81. The van der Waals surface area contributed by atoms with Gasteiger partial charge in [-0.1, -0.05) is 146 Å². The van der Waals surface area contributed by atoms with Crippen LogP contribution < -0.4 is 0 Å². The molecule has 0 aliphatic heterocycles. The molecule has 0 spiro atoms. The van der Waals surface area contributed by atoms with E-state index < -0.39 is 0 Å². The monoisotopic (exact) mass is 684 g/mol. The van der Waals surface area contributed by atoms with Crippen LogP contribution in [0.4, 0.5) is 0 Å². The molecule has 5 nitrogen and oxygen atoms in total. The van der Waals surface area contributed by atoms with Crippen LogP contribution in [0.15, 0.2) is 174 Å². The Morgan fingerprint density at radius 2 is 0.923 bits per heavy atom. The van der Waals surface area contributed by atoms with Gasteiger partial charge in [0.1, 0.15) is 16.2 Å². The van der Waals surface area contributed by atoms with Gasteiger partial charge in [-0.2, -0.15) is 0 Å². The van der Waals surface area contributed by atoms with Gasteiger partial charge >= 0.3 is 0 Å². The second kappa shape index (κ2) is 12.5. The number of nitrogens with zero attached hydrogens (tertiary/aromatic N) is 4. The van der Waals surface area contributed by atoms with Gasteiger partial charge in [0.15, 0.2) is 17.5 Å². The zero-order chi connectivity index (χ0) is 34.4. The van der Waals surface area contributed by atoms with E-state index in [9.17, 15) is 0 Å². The van der Waals surface area contributed by atoms with Gasteiger partial charge in [-0.3, -0.25) is 0 Å². The Morgan fingerprint density at radius 1 is 0.385 bits per heavy atom. The summed E-state index contributed by atoms with van der Waals surface area (Å²) in [6.07, 6.45) is 0. The van der Waals surface area contributed by atoms with Crippen molar-refractivity contribution in [3.8, 4) is 67.0 Å². The Balaban J connectivity index is 1.06. The minimum absolute atomic E-state index is 0.620. The smallest absolute Gasteiger partial charge is 0.164 e. The highest BCUT2D eigenvalue weighted by molar-refractivity contribution is 7.21. The summed E-state index contributed by atoms with van der Waals surface area (Å²) in [4.78, 5) is 19.8. The van der Waals surface area contributed by atoms with Crippen molar-refractivity contribution in [2.24, 2.45) is 0 Å². The van der Waals surface area contributed by atoms with Crippen LogP contribution in [0.1, 0.15) is 0 Å². The fourth-order valence-electron chi connectivity index (χ4n) is 6.81. The number of aromatic nitrogens is 4. The van der Waals surface area contributed by atoms with Crippen molar-refractivity contribution in [1.82, 2.24) is 19.9 Å². The maximum Gasteiger partial charge on any atom is 0.164 e. The largest absolute Gasteiger partial charge is 0.456 e. The minimum atomic E-state index is 0.620. The first-order valence-corrected chi connectivity index (χ1v) is 17.9. The fraction of sp³-hybridized carbons (Fsp3) is 0. The van der Waals surface area contributed by atoms with Crippen LogP contribution in [0.2, 0.25) is 0 Å². The van der Waals surface area contributed by atoms with Crippen molar-refractivity contribution < 1.29 is 4.42 Å². The van der Waals surface area contributed by atoms with Gasteiger partial charge in [-0.25, -0.2) is 19.9 Å². The molecule has 0 aliphatic carbocycles. The van der Waals surface area contributed by atoms with E-state index in [4.69, 9.17) is 24.4 Å². The molecule has 10 rings (SSSR count). The molecular formula is C46H28N4OS. The quantitative estimate of drug-likeness (QED) is 0.174. The highest BCUT2D eigenvalue weighted by Crippen LogP contribution is 2.41. The van der Waals surface area contributed by atoms with Crippen LogP contribution in [0.5, 0.6) is 0 Å². The number of furan rings is 1. The van der Waals surface area contributed by atoms with E-state index in [2.05, 4.69) is 97.1 Å². The molecule has 0 saturated carbocycles. The number of thiazole rings is 1. The second-order valence-corrected chi connectivity index (χ2v) is 13.7. The molecule has 0 aliphatic rings. The summed E-state index contributed by atoms with van der Waals surface area (Å²) in [7, 11) is 0.